The molecule has 2 aromatic carbocycles. The van der Waals surface area contributed by atoms with Crippen molar-refractivity contribution in [3.63, 3.8) is 0 Å². The fraction of sp³-hybridized carbons (Fsp3) is 0.211. The fourth-order valence-electron chi connectivity index (χ4n) is 2.77. The summed E-state index contributed by atoms with van der Waals surface area (Å²) in [6.45, 7) is 3.63. The SMILES string of the molecule is CCOc1cc2[nH]c(O)c(C(=O)c3ccccc3)c2cc1NS(=O)(=O)CC. The number of aromatic hydroxyl groups is 1. The molecule has 0 aliphatic heterocycles. The molecular weight excluding hydrogens is 368 g/mol. The van der Waals surface area contributed by atoms with Crippen LogP contribution in [0.2, 0.25) is 0 Å². The van der Waals surface area contributed by atoms with Gasteiger partial charge in [-0.05, 0) is 19.9 Å². The minimum absolute atomic E-state index is 0.0798. The number of aromatic nitrogens is 1. The maximum atomic E-state index is 12.9. The highest BCUT2D eigenvalue weighted by Crippen LogP contribution is 2.37. The van der Waals surface area contributed by atoms with Gasteiger partial charge in [0.05, 0.1) is 29.1 Å². The first kappa shape index (κ1) is 18.8. The van der Waals surface area contributed by atoms with Gasteiger partial charge in [-0.25, -0.2) is 8.42 Å². The van der Waals surface area contributed by atoms with Crippen LogP contribution in [0.25, 0.3) is 10.9 Å². The molecule has 8 heteroatoms. The summed E-state index contributed by atoms with van der Waals surface area (Å²) in [5.41, 5.74) is 1.18. The van der Waals surface area contributed by atoms with E-state index in [0.717, 1.165) is 0 Å². The van der Waals surface area contributed by atoms with Gasteiger partial charge in [0.2, 0.25) is 15.9 Å². The number of anilines is 1. The molecule has 0 aliphatic rings. The number of ketones is 1. The number of H-pyrrole nitrogens is 1. The normalized spacial score (nSPS) is 11.5. The third-order valence-corrected chi connectivity index (χ3v) is 5.38. The summed E-state index contributed by atoms with van der Waals surface area (Å²) in [5.74, 6) is -0.447. The first-order valence-electron chi connectivity index (χ1n) is 8.48. The van der Waals surface area contributed by atoms with Crippen molar-refractivity contribution in [2.45, 2.75) is 13.8 Å². The number of sulfonamides is 1. The molecule has 0 bridgehead atoms. The molecule has 7 nitrogen and oxygen atoms in total. The quantitative estimate of drug-likeness (QED) is 0.538. The van der Waals surface area contributed by atoms with Crippen molar-refractivity contribution < 1.29 is 23.1 Å². The largest absolute Gasteiger partial charge is 0.494 e. The summed E-state index contributed by atoms with van der Waals surface area (Å²) in [6, 6.07) is 11.6. The average Bonchev–Trinajstić information content (AvgIpc) is 2.97. The molecule has 0 saturated carbocycles. The number of fused-ring (bicyclic) bond motifs is 1. The van der Waals surface area contributed by atoms with E-state index in [1.54, 1.807) is 43.3 Å². The van der Waals surface area contributed by atoms with Crippen molar-refractivity contribution in [2.24, 2.45) is 0 Å². The predicted molar refractivity (Wildman–Crippen MR) is 104 cm³/mol. The van der Waals surface area contributed by atoms with E-state index in [0.29, 0.717) is 28.8 Å². The minimum Gasteiger partial charge on any atom is -0.494 e. The summed E-state index contributed by atoms with van der Waals surface area (Å²) in [5, 5.41) is 10.7. The molecule has 0 aliphatic carbocycles. The second-order valence-electron chi connectivity index (χ2n) is 5.88. The number of hydrogen-bond acceptors (Lipinski definition) is 5. The highest BCUT2D eigenvalue weighted by Gasteiger charge is 2.22. The van der Waals surface area contributed by atoms with Gasteiger partial charge in [0.1, 0.15) is 5.75 Å². The summed E-state index contributed by atoms with van der Waals surface area (Å²) < 4.78 is 32.0. The summed E-state index contributed by atoms with van der Waals surface area (Å²) >= 11 is 0. The molecule has 3 N–H and O–H groups in total. The Hall–Kier alpha value is -3.00. The average molecular weight is 388 g/mol. The van der Waals surface area contributed by atoms with Crippen molar-refractivity contribution in [3.05, 3.63) is 53.6 Å². The lowest BCUT2D eigenvalue weighted by atomic mass is 10.0. The number of rotatable bonds is 7. The van der Waals surface area contributed by atoms with Gasteiger partial charge in [-0.2, -0.15) is 0 Å². The van der Waals surface area contributed by atoms with Crippen molar-refractivity contribution >= 4 is 32.4 Å². The van der Waals surface area contributed by atoms with Crippen molar-refractivity contribution in [1.82, 2.24) is 4.98 Å². The summed E-state index contributed by atoms with van der Waals surface area (Å²) in [7, 11) is -3.55. The minimum atomic E-state index is -3.55. The predicted octanol–water partition coefficient (Wildman–Crippen LogP) is 3.26. The Balaban J connectivity index is 2.19. The van der Waals surface area contributed by atoms with Crippen LogP contribution in [0.4, 0.5) is 5.69 Å². The number of carbonyl (C=O) groups excluding carboxylic acids is 1. The zero-order chi connectivity index (χ0) is 19.6. The third-order valence-electron chi connectivity index (χ3n) is 4.09. The van der Waals surface area contributed by atoms with Crippen LogP contribution in [-0.4, -0.2) is 36.7 Å². The Morgan fingerprint density at radius 2 is 1.89 bits per heavy atom. The van der Waals surface area contributed by atoms with E-state index in [1.165, 1.54) is 13.0 Å². The smallest absolute Gasteiger partial charge is 0.232 e. The van der Waals surface area contributed by atoms with Gasteiger partial charge in [-0.3, -0.25) is 9.52 Å². The van der Waals surface area contributed by atoms with E-state index < -0.39 is 10.0 Å². The van der Waals surface area contributed by atoms with Gasteiger partial charge in [0, 0.05) is 17.0 Å². The van der Waals surface area contributed by atoms with Gasteiger partial charge < -0.3 is 14.8 Å². The maximum Gasteiger partial charge on any atom is 0.232 e. The van der Waals surface area contributed by atoms with E-state index in [1.807, 2.05) is 0 Å². The number of hydrogen-bond donors (Lipinski definition) is 3. The molecule has 27 heavy (non-hydrogen) atoms. The Kier molecular flexibility index (Phi) is 5.09. The Morgan fingerprint density at radius 3 is 2.52 bits per heavy atom. The molecule has 142 valence electrons. The molecule has 0 saturated heterocycles. The molecular formula is C19H20N2O5S. The first-order chi connectivity index (χ1) is 12.9. The van der Waals surface area contributed by atoms with Crippen LogP contribution < -0.4 is 9.46 Å². The van der Waals surface area contributed by atoms with Crippen LogP contribution in [0.5, 0.6) is 11.6 Å². The van der Waals surface area contributed by atoms with Crippen LogP contribution in [0.1, 0.15) is 29.8 Å². The fourth-order valence-corrected chi connectivity index (χ4v) is 3.40. The van der Waals surface area contributed by atoms with Gasteiger partial charge in [0.15, 0.2) is 5.78 Å². The molecule has 3 aromatic rings. The highest BCUT2D eigenvalue weighted by atomic mass is 32.2. The van der Waals surface area contributed by atoms with Crippen molar-refractivity contribution in [3.8, 4) is 11.6 Å². The molecule has 0 amide bonds. The number of benzene rings is 2. The lowest BCUT2D eigenvalue weighted by Crippen LogP contribution is -2.15. The first-order valence-corrected chi connectivity index (χ1v) is 10.1. The standard InChI is InChI=1S/C19H20N2O5S/c1-3-26-16-11-14-13(10-15(16)21-27(24,25)4-2)17(19(23)20-14)18(22)12-8-6-5-7-9-12/h5-11,20-21,23H,3-4H2,1-2H3. The molecule has 1 heterocycles. The zero-order valence-corrected chi connectivity index (χ0v) is 15.8. The van der Waals surface area contributed by atoms with Crippen LogP contribution in [0, 0.1) is 0 Å². The number of aromatic amines is 1. The molecule has 0 unspecified atom stereocenters. The van der Waals surface area contributed by atoms with Crippen LogP contribution in [-0.2, 0) is 10.0 Å². The highest BCUT2D eigenvalue weighted by molar-refractivity contribution is 7.92. The molecule has 1 aromatic heterocycles. The second kappa shape index (κ2) is 7.32. The second-order valence-corrected chi connectivity index (χ2v) is 7.89. The van der Waals surface area contributed by atoms with Crippen molar-refractivity contribution in [2.75, 3.05) is 17.1 Å². The Morgan fingerprint density at radius 1 is 1.19 bits per heavy atom. The summed E-state index contributed by atoms with van der Waals surface area (Å²) in [6.07, 6.45) is 0. The topological polar surface area (TPSA) is 108 Å². The number of nitrogens with one attached hydrogen (secondary N) is 2. The van der Waals surface area contributed by atoms with E-state index in [9.17, 15) is 18.3 Å². The maximum absolute atomic E-state index is 12.9. The zero-order valence-electron chi connectivity index (χ0n) is 14.9. The Bertz CT molecular complexity index is 1090. The lowest BCUT2D eigenvalue weighted by molar-refractivity contribution is 0.103. The summed E-state index contributed by atoms with van der Waals surface area (Å²) in [4.78, 5) is 15.6. The molecule has 0 spiro atoms. The third kappa shape index (κ3) is 3.75. The van der Waals surface area contributed by atoms with Gasteiger partial charge in [0.25, 0.3) is 0 Å². The van der Waals surface area contributed by atoms with Crippen LogP contribution in [0.3, 0.4) is 0 Å². The van der Waals surface area contributed by atoms with E-state index in [2.05, 4.69) is 9.71 Å². The van der Waals surface area contributed by atoms with Crippen LogP contribution >= 0.6 is 0 Å². The van der Waals surface area contributed by atoms with E-state index >= 15 is 0 Å². The number of ether oxygens (including phenoxy) is 1. The number of carbonyl (C=O) groups is 1. The molecule has 3 rings (SSSR count). The molecule has 0 fully saturated rings. The molecule has 0 radical (unpaired) electrons. The lowest BCUT2D eigenvalue weighted by Gasteiger charge is -2.13. The van der Waals surface area contributed by atoms with Crippen LogP contribution in [0.15, 0.2) is 42.5 Å². The van der Waals surface area contributed by atoms with Gasteiger partial charge in [-0.15, -0.1) is 0 Å². The molecule has 0 atom stereocenters. The Labute approximate surface area is 157 Å². The van der Waals surface area contributed by atoms with Crippen molar-refractivity contribution in [1.29, 1.82) is 0 Å². The van der Waals surface area contributed by atoms with E-state index in [-0.39, 0.29) is 28.7 Å². The monoisotopic (exact) mass is 388 g/mol. The van der Waals surface area contributed by atoms with Gasteiger partial charge in [-0.1, -0.05) is 30.3 Å². The van der Waals surface area contributed by atoms with Gasteiger partial charge >= 0.3 is 0 Å². The van der Waals surface area contributed by atoms with E-state index in [4.69, 9.17) is 4.74 Å².